The first-order valence-corrected chi connectivity index (χ1v) is 14.5. The maximum Gasteiger partial charge on any atom is 0.264 e. The minimum atomic E-state index is -4.38. The zero-order valence-corrected chi connectivity index (χ0v) is 23.9. The van der Waals surface area contributed by atoms with Crippen LogP contribution in [-0.2, 0) is 26.2 Å². The van der Waals surface area contributed by atoms with Gasteiger partial charge in [-0.1, -0.05) is 62.7 Å². The molecule has 0 aromatic heterocycles. The second-order valence-corrected chi connectivity index (χ2v) is 11.8. The van der Waals surface area contributed by atoms with Crippen LogP contribution < -0.4 is 9.62 Å². The maximum absolute atomic E-state index is 15.0. The molecule has 0 spiro atoms. The quantitative estimate of drug-likeness (QED) is 0.330. The highest BCUT2D eigenvalue weighted by Gasteiger charge is 2.34. The zero-order chi connectivity index (χ0) is 29.4. The topological polar surface area (TPSA) is 86.8 Å². The van der Waals surface area contributed by atoms with E-state index in [4.69, 9.17) is 0 Å². The molecular weight excluding hydrogens is 536 g/mol. The summed E-state index contributed by atoms with van der Waals surface area (Å²) in [5.41, 5.74) is 1.08. The van der Waals surface area contributed by atoms with Crippen molar-refractivity contribution in [3.63, 3.8) is 0 Å². The molecule has 0 fully saturated rings. The Balaban J connectivity index is 2.05. The molecular formula is C30H35F2N3O4S. The van der Waals surface area contributed by atoms with Crippen LogP contribution >= 0.6 is 0 Å². The van der Waals surface area contributed by atoms with Gasteiger partial charge in [0.05, 0.1) is 10.6 Å². The highest BCUT2D eigenvalue weighted by Crippen LogP contribution is 2.27. The van der Waals surface area contributed by atoms with Gasteiger partial charge in [0.2, 0.25) is 11.8 Å². The smallest absolute Gasteiger partial charge is 0.264 e. The van der Waals surface area contributed by atoms with E-state index in [9.17, 15) is 26.8 Å². The summed E-state index contributed by atoms with van der Waals surface area (Å²) in [5.74, 6) is -2.23. The Morgan fingerprint density at radius 1 is 0.925 bits per heavy atom. The normalized spacial score (nSPS) is 12.2. The van der Waals surface area contributed by atoms with Gasteiger partial charge in [-0.15, -0.1) is 0 Å². The summed E-state index contributed by atoms with van der Waals surface area (Å²) in [5, 5.41) is 2.83. The maximum atomic E-state index is 15.0. The van der Waals surface area contributed by atoms with Crippen LogP contribution in [0.5, 0.6) is 0 Å². The first kappa shape index (κ1) is 30.7. The van der Waals surface area contributed by atoms with Crippen LogP contribution in [0.1, 0.15) is 38.3 Å². The predicted molar refractivity (Wildman–Crippen MR) is 151 cm³/mol. The molecule has 0 unspecified atom stereocenters. The zero-order valence-electron chi connectivity index (χ0n) is 23.1. The number of rotatable bonds is 12. The fourth-order valence-corrected chi connectivity index (χ4v) is 5.56. The SMILES string of the molecule is CC[C@H](C(=O)NCC(C)C)N(Cc1ccc(F)cc1)C(=O)CN(c1ccccc1F)S(=O)(=O)c1ccc(C)cc1. The van der Waals surface area contributed by atoms with Crippen molar-refractivity contribution >= 4 is 27.5 Å². The molecule has 40 heavy (non-hydrogen) atoms. The van der Waals surface area contributed by atoms with E-state index in [1.807, 2.05) is 13.8 Å². The van der Waals surface area contributed by atoms with E-state index in [2.05, 4.69) is 5.32 Å². The van der Waals surface area contributed by atoms with Crippen LogP contribution in [0.25, 0.3) is 0 Å². The van der Waals surface area contributed by atoms with E-state index in [0.29, 0.717) is 12.1 Å². The Hall–Kier alpha value is -3.79. The van der Waals surface area contributed by atoms with Crippen LogP contribution in [0, 0.1) is 24.5 Å². The Morgan fingerprint density at radius 3 is 2.12 bits per heavy atom. The summed E-state index contributed by atoms with van der Waals surface area (Å²) in [7, 11) is -4.38. The fraction of sp³-hybridized carbons (Fsp3) is 0.333. The number of anilines is 1. The molecule has 3 aromatic carbocycles. The van der Waals surface area contributed by atoms with Crippen molar-refractivity contribution in [1.29, 1.82) is 0 Å². The van der Waals surface area contributed by atoms with Crippen molar-refractivity contribution in [2.24, 2.45) is 5.92 Å². The molecule has 0 bridgehead atoms. The van der Waals surface area contributed by atoms with Gasteiger partial charge in [0.1, 0.15) is 24.2 Å². The van der Waals surface area contributed by atoms with E-state index in [1.54, 1.807) is 26.0 Å². The van der Waals surface area contributed by atoms with E-state index in [-0.39, 0.29) is 29.5 Å². The third-order valence-electron chi connectivity index (χ3n) is 6.35. The van der Waals surface area contributed by atoms with Crippen molar-refractivity contribution in [2.75, 3.05) is 17.4 Å². The van der Waals surface area contributed by atoms with Gasteiger partial charge in [0.15, 0.2) is 0 Å². The lowest BCUT2D eigenvalue weighted by Crippen LogP contribution is -2.52. The Labute approximate surface area is 234 Å². The summed E-state index contributed by atoms with van der Waals surface area (Å²) in [6.45, 7) is 6.96. The number of halogens is 2. The van der Waals surface area contributed by atoms with E-state index in [0.717, 1.165) is 15.9 Å². The molecule has 1 atom stereocenters. The summed E-state index contributed by atoms with van der Waals surface area (Å²) < 4.78 is 56.8. The van der Waals surface area contributed by atoms with Gasteiger partial charge in [0, 0.05) is 13.1 Å². The Kier molecular flexibility index (Phi) is 10.4. The molecule has 0 radical (unpaired) electrons. The lowest BCUT2D eigenvalue weighted by Gasteiger charge is -2.33. The molecule has 0 saturated heterocycles. The summed E-state index contributed by atoms with van der Waals surface area (Å²) in [4.78, 5) is 28.3. The number of nitrogens with zero attached hydrogens (tertiary/aromatic N) is 2. The van der Waals surface area contributed by atoms with Gasteiger partial charge in [-0.05, 0) is 61.2 Å². The molecule has 0 aliphatic rings. The highest BCUT2D eigenvalue weighted by molar-refractivity contribution is 7.92. The van der Waals surface area contributed by atoms with Gasteiger partial charge in [-0.25, -0.2) is 17.2 Å². The minimum Gasteiger partial charge on any atom is -0.354 e. The molecule has 3 aromatic rings. The molecule has 0 aliphatic carbocycles. The monoisotopic (exact) mass is 571 g/mol. The number of nitrogens with one attached hydrogen (secondary N) is 1. The predicted octanol–water partition coefficient (Wildman–Crippen LogP) is 5.05. The number of para-hydroxylation sites is 1. The molecule has 1 N–H and O–H groups in total. The average molecular weight is 572 g/mol. The van der Waals surface area contributed by atoms with E-state index < -0.39 is 46.1 Å². The molecule has 0 aliphatic heterocycles. The second-order valence-electron chi connectivity index (χ2n) is 9.99. The number of carbonyl (C=O) groups excluding carboxylic acids is 2. The van der Waals surface area contributed by atoms with Crippen LogP contribution in [-0.4, -0.2) is 44.3 Å². The molecule has 2 amide bonds. The lowest BCUT2D eigenvalue weighted by molar-refractivity contribution is -0.140. The molecule has 7 nitrogen and oxygen atoms in total. The summed E-state index contributed by atoms with van der Waals surface area (Å²) in [6.07, 6.45) is 0.237. The van der Waals surface area contributed by atoms with Gasteiger partial charge in [-0.2, -0.15) is 0 Å². The molecule has 3 rings (SSSR count). The number of benzene rings is 3. The van der Waals surface area contributed by atoms with Gasteiger partial charge in [-0.3, -0.25) is 13.9 Å². The summed E-state index contributed by atoms with van der Waals surface area (Å²) in [6, 6.07) is 15.8. The highest BCUT2D eigenvalue weighted by atomic mass is 32.2. The Morgan fingerprint density at radius 2 is 1.55 bits per heavy atom. The van der Waals surface area contributed by atoms with Gasteiger partial charge in [0.25, 0.3) is 10.0 Å². The van der Waals surface area contributed by atoms with Gasteiger partial charge < -0.3 is 10.2 Å². The third kappa shape index (κ3) is 7.65. The second kappa shape index (κ2) is 13.5. The van der Waals surface area contributed by atoms with Crippen LogP contribution in [0.15, 0.2) is 77.7 Å². The molecule has 10 heteroatoms. The first-order chi connectivity index (χ1) is 18.9. The van der Waals surface area contributed by atoms with Crippen molar-refractivity contribution in [3.05, 3.63) is 95.6 Å². The molecule has 0 heterocycles. The number of hydrogen-bond donors (Lipinski definition) is 1. The minimum absolute atomic E-state index is 0.0809. The third-order valence-corrected chi connectivity index (χ3v) is 8.12. The number of amides is 2. The molecule has 0 saturated carbocycles. The number of hydrogen-bond acceptors (Lipinski definition) is 4. The van der Waals surface area contributed by atoms with E-state index in [1.165, 1.54) is 59.5 Å². The summed E-state index contributed by atoms with van der Waals surface area (Å²) >= 11 is 0. The van der Waals surface area contributed by atoms with E-state index >= 15 is 0 Å². The van der Waals surface area contributed by atoms with Crippen LogP contribution in [0.3, 0.4) is 0 Å². The van der Waals surface area contributed by atoms with Crippen molar-refractivity contribution in [1.82, 2.24) is 10.2 Å². The number of carbonyl (C=O) groups is 2. The van der Waals surface area contributed by atoms with Gasteiger partial charge >= 0.3 is 0 Å². The first-order valence-electron chi connectivity index (χ1n) is 13.1. The lowest BCUT2D eigenvalue weighted by atomic mass is 10.1. The average Bonchev–Trinajstić information content (AvgIpc) is 2.92. The number of sulfonamides is 1. The number of aryl methyl sites for hydroxylation is 1. The largest absolute Gasteiger partial charge is 0.354 e. The van der Waals surface area contributed by atoms with Crippen molar-refractivity contribution in [2.45, 2.75) is 51.6 Å². The van der Waals surface area contributed by atoms with Crippen molar-refractivity contribution < 1.29 is 26.8 Å². The fourth-order valence-electron chi connectivity index (χ4n) is 4.13. The van der Waals surface area contributed by atoms with Crippen LogP contribution in [0.4, 0.5) is 14.5 Å². The molecule has 214 valence electrons. The Bertz CT molecular complexity index is 1410. The standard InChI is InChI=1S/C30H35F2N3O4S/c1-5-27(30(37)33-18-21(2)3)34(19-23-12-14-24(31)15-13-23)29(36)20-35(28-9-7-6-8-26(28)32)40(38,39)25-16-10-22(4)11-17-25/h6-17,21,27H,5,18-20H2,1-4H3,(H,33,37)/t27-/m1/s1. The van der Waals surface area contributed by atoms with Crippen LogP contribution in [0.2, 0.25) is 0 Å². The van der Waals surface area contributed by atoms with Crippen molar-refractivity contribution in [3.8, 4) is 0 Å².